The number of rotatable bonds is 6. The third-order valence-electron chi connectivity index (χ3n) is 4.82. The summed E-state index contributed by atoms with van der Waals surface area (Å²) in [5.41, 5.74) is 3.26. The first kappa shape index (κ1) is 17.2. The van der Waals surface area contributed by atoms with E-state index in [-0.39, 0.29) is 11.0 Å². The largest absolute Gasteiger partial charge is 0.380 e. The van der Waals surface area contributed by atoms with Gasteiger partial charge in [-0.15, -0.1) is 11.8 Å². The van der Waals surface area contributed by atoms with Crippen molar-refractivity contribution in [1.29, 1.82) is 0 Å². The zero-order chi connectivity index (χ0) is 17.4. The number of aromatic amines is 1. The molecule has 0 aromatic carbocycles. The fourth-order valence-corrected chi connectivity index (χ4v) is 5.00. The van der Waals surface area contributed by atoms with Crippen LogP contribution < -0.4 is 5.56 Å². The van der Waals surface area contributed by atoms with Gasteiger partial charge in [0.05, 0.1) is 30.9 Å². The molecule has 3 heterocycles. The lowest BCUT2D eigenvalue weighted by molar-refractivity contribution is -0.110. The number of aromatic nitrogens is 4. The number of imidazole rings is 1. The molecule has 1 aliphatic carbocycles. The van der Waals surface area contributed by atoms with Gasteiger partial charge < -0.3 is 14.3 Å². The highest BCUT2D eigenvalue weighted by Crippen LogP contribution is 2.32. The molecule has 2 aromatic heterocycles. The van der Waals surface area contributed by atoms with E-state index in [4.69, 9.17) is 4.74 Å². The number of H-pyrrole nitrogens is 1. The van der Waals surface area contributed by atoms with Crippen LogP contribution in [-0.4, -0.2) is 39.0 Å². The van der Waals surface area contributed by atoms with Gasteiger partial charge in [-0.1, -0.05) is 18.7 Å². The molecule has 0 amide bonds. The van der Waals surface area contributed by atoms with E-state index in [9.17, 15) is 4.79 Å². The van der Waals surface area contributed by atoms with Crippen molar-refractivity contribution in [1.82, 2.24) is 19.5 Å². The van der Waals surface area contributed by atoms with Crippen molar-refractivity contribution >= 4 is 23.5 Å². The monoisotopic (exact) mass is 378 g/mol. The Labute approximate surface area is 155 Å². The van der Waals surface area contributed by atoms with Gasteiger partial charge in [-0.3, -0.25) is 4.79 Å². The summed E-state index contributed by atoms with van der Waals surface area (Å²) in [5.74, 6) is 0.745. The molecule has 0 atom stereocenters. The maximum atomic E-state index is 12.2. The standard InChI is InChI=1S/C17H22N4O2S2/c1-17(8-23-9-17)7-21-10-18-15(24-2)13(21)6-25-16-19-12-5-3-4-11(12)14(22)20-16/h10H,3-9H2,1-2H3,(H,19,20,22). The van der Waals surface area contributed by atoms with Crippen LogP contribution in [0.2, 0.25) is 0 Å². The molecular weight excluding hydrogens is 356 g/mol. The van der Waals surface area contributed by atoms with Crippen molar-refractivity contribution in [3.05, 3.63) is 33.6 Å². The van der Waals surface area contributed by atoms with Crippen molar-refractivity contribution in [2.75, 3.05) is 19.5 Å². The molecule has 0 saturated carbocycles. The average Bonchev–Trinajstić information content (AvgIpc) is 3.18. The lowest BCUT2D eigenvalue weighted by atomic mass is 9.88. The van der Waals surface area contributed by atoms with E-state index in [1.54, 1.807) is 23.5 Å². The molecule has 0 radical (unpaired) electrons. The summed E-state index contributed by atoms with van der Waals surface area (Å²) in [6.07, 6.45) is 6.77. The average molecular weight is 379 g/mol. The summed E-state index contributed by atoms with van der Waals surface area (Å²) < 4.78 is 7.60. The van der Waals surface area contributed by atoms with Crippen LogP contribution in [0.3, 0.4) is 0 Å². The van der Waals surface area contributed by atoms with E-state index in [0.29, 0.717) is 5.16 Å². The second-order valence-electron chi connectivity index (χ2n) is 7.07. The van der Waals surface area contributed by atoms with E-state index in [2.05, 4.69) is 26.4 Å². The minimum absolute atomic E-state index is 0.0303. The zero-order valence-electron chi connectivity index (χ0n) is 14.5. The van der Waals surface area contributed by atoms with Crippen molar-refractivity contribution in [3.63, 3.8) is 0 Å². The summed E-state index contributed by atoms with van der Waals surface area (Å²) in [6.45, 7) is 4.74. The van der Waals surface area contributed by atoms with E-state index in [1.165, 1.54) is 5.69 Å². The van der Waals surface area contributed by atoms with Crippen molar-refractivity contribution in [2.24, 2.45) is 5.41 Å². The Kier molecular flexibility index (Phi) is 4.68. The summed E-state index contributed by atoms with van der Waals surface area (Å²) in [6, 6.07) is 0. The molecule has 1 saturated heterocycles. The van der Waals surface area contributed by atoms with Crippen LogP contribution in [0, 0.1) is 5.41 Å². The number of hydrogen-bond acceptors (Lipinski definition) is 6. The highest BCUT2D eigenvalue weighted by atomic mass is 32.2. The number of hydrogen-bond donors (Lipinski definition) is 1. The summed E-state index contributed by atoms with van der Waals surface area (Å²) >= 11 is 3.24. The van der Waals surface area contributed by atoms with Crippen molar-refractivity contribution in [2.45, 2.75) is 48.7 Å². The third kappa shape index (κ3) is 3.39. The minimum Gasteiger partial charge on any atom is -0.380 e. The first-order chi connectivity index (χ1) is 12.1. The first-order valence-electron chi connectivity index (χ1n) is 8.49. The number of ether oxygens (including phenoxy) is 1. The van der Waals surface area contributed by atoms with Crippen LogP contribution in [0.5, 0.6) is 0 Å². The molecule has 1 fully saturated rings. The third-order valence-corrected chi connectivity index (χ3v) is 6.43. The van der Waals surface area contributed by atoms with E-state index in [0.717, 1.165) is 61.1 Å². The maximum absolute atomic E-state index is 12.2. The summed E-state index contributed by atoms with van der Waals surface area (Å²) in [5, 5.41) is 1.75. The van der Waals surface area contributed by atoms with Crippen molar-refractivity contribution in [3.8, 4) is 0 Å². The molecular formula is C17H22N4O2S2. The van der Waals surface area contributed by atoms with Gasteiger partial charge in [0.15, 0.2) is 5.16 Å². The second kappa shape index (κ2) is 6.81. The van der Waals surface area contributed by atoms with Crippen LogP contribution in [0.1, 0.15) is 30.3 Å². The van der Waals surface area contributed by atoms with Crippen LogP contribution in [-0.2, 0) is 29.9 Å². The lowest BCUT2D eigenvalue weighted by Gasteiger charge is -2.38. The molecule has 25 heavy (non-hydrogen) atoms. The van der Waals surface area contributed by atoms with Gasteiger partial charge in [0, 0.05) is 23.3 Å². The number of fused-ring (bicyclic) bond motifs is 1. The predicted octanol–water partition coefficient (Wildman–Crippen LogP) is 2.51. The fraction of sp³-hybridized carbons (Fsp3) is 0.588. The van der Waals surface area contributed by atoms with Crippen LogP contribution in [0.15, 0.2) is 21.3 Å². The Morgan fingerprint density at radius 2 is 2.24 bits per heavy atom. The normalized spacial score (nSPS) is 18.2. The molecule has 4 rings (SSSR count). The maximum Gasteiger partial charge on any atom is 0.254 e. The van der Waals surface area contributed by atoms with Gasteiger partial charge in [0.1, 0.15) is 5.03 Å². The fourth-order valence-electron chi connectivity index (χ4n) is 3.42. The molecule has 8 heteroatoms. The van der Waals surface area contributed by atoms with Gasteiger partial charge in [-0.05, 0) is 25.5 Å². The van der Waals surface area contributed by atoms with Crippen molar-refractivity contribution < 1.29 is 4.74 Å². The number of thioether (sulfide) groups is 2. The molecule has 2 aromatic rings. The highest BCUT2D eigenvalue weighted by molar-refractivity contribution is 7.99. The van der Waals surface area contributed by atoms with Gasteiger partial charge in [0.2, 0.25) is 0 Å². The topological polar surface area (TPSA) is 72.8 Å². The Morgan fingerprint density at radius 1 is 1.40 bits per heavy atom. The zero-order valence-corrected chi connectivity index (χ0v) is 16.1. The Morgan fingerprint density at radius 3 is 2.96 bits per heavy atom. The lowest BCUT2D eigenvalue weighted by Crippen LogP contribution is -2.43. The SMILES string of the molecule is CSc1ncn(CC2(C)COC2)c1CSc1nc2c(c(=O)[nH]1)CCC2. The number of nitrogens with one attached hydrogen (secondary N) is 1. The minimum atomic E-state index is 0.0303. The van der Waals surface area contributed by atoms with Crippen LogP contribution in [0.4, 0.5) is 0 Å². The number of aryl methyl sites for hydroxylation is 1. The molecule has 0 bridgehead atoms. The van der Waals surface area contributed by atoms with E-state index in [1.807, 2.05) is 12.6 Å². The molecule has 1 aliphatic heterocycles. The second-order valence-corrected chi connectivity index (χ2v) is 8.83. The van der Waals surface area contributed by atoms with Crippen LogP contribution >= 0.6 is 23.5 Å². The molecule has 6 nitrogen and oxygen atoms in total. The van der Waals surface area contributed by atoms with E-state index < -0.39 is 0 Å². The molecule has 1 N–H and O–H groups in total. The molecule has 2 aliphatic rings. The Hall–Kier alpha value is -1.25. The Bertz CT molecular complexity index is 842. The van der Waals surface area contributed by atoms with Gasteiger partial charge in [-0.25, -0.2) is 9.97 Å². The predicted molar refractivity (Wildman–Crippen MR) is 99.4 cm³/mol. The summed E-state index contributed by atoms with van der Waals surface area (Å²) in [4.78, 5) is 24.3. The Balaban J connectivity index is 1.53. The van der Waals surface area contributed by atoms with E-state index >= 15 is 0 Å². The van der Waals surface area contributed by atoms with Gasteiger partial charge in [0.25, 0.3) is 5.56 Å². The van der Waals surface area contributed by atoms with Gasteiger partial charge >= 0.3 is 0 Å². The molecule has 134 valence electrons. The smallest absolute Gasteiger partial charge is 0.254 e. The van der Waals surface area contributed by atoms with Crippen LogP contribution in [0.25, 0.3) is 0 Å². The summed E-state index contributed by atoms with van der Waals surface area (Å²) in [7, 11) is 0. The molecule has 0 unspecified atom stereocenters. The molecule has 0 spiro atoms. The highest BCUT2D eigenvalue weighted by Gasteiger charge is 2.34. The first-order valence-corrected chi connectivity index (χ1v) is 10.7. The quantitative estimate of drug-likeness (QED) is 0.615. The van der Waals surface area contributed by atoms with Gasteiger partial charge in [-0.2, -0.15) is 0 Å². The number of nitrogens with zero attached hydrogens (tertiary/aromatic N) is 3.